The number of urea groups is 1. The van der Waals surface area contributed by atoms with E-state index in [4.69, 9.17) is 11.6 Å². The molecule has 1 fully saturated rings. The maximum Gasteiger partial charge on any atom is 0.317 e. The zero-order chi connectivity index (χ0) is 16.4. The molecule has 1 unspecified atom stereocenters. The lowest BCUT2D eigenvalue weighted by Crippen LogP contribution is -2.49. The number of carbonyl (C=O) groups is 1. The van der Waals surface area contributed by atoms with E-state index in [2.05, 4.69) is 27.2 Å². The van der Waals surface area contributed by atoms with Crippen LogP contribution in [0.2, 0.25) is 5.02 Å². The summed E-state index contributed by atoms with van der Waals surface area (Å²) < 4.78 is 0. The fourth-order valence-corrected chi connectivity index (χ4v) is 3.15. The van der Waals surface area contributed by atoms with Gasteiger partial charge in [-0.1, -0.05) is 11.6 Å². The highest BCUT2D eigenvalue weighted by molar-refractivity contribution is 6.31. The minimum absolute atomic E-state index is 0.0659. The molecule has 1 aliphatic rings. The number of nitrogens with one attached hydrogen (secondary N) is 2. The average Bonchev–Trinajstić information content (AvgIpc) is 2.88. The number of piperidine rings is 1. The van der Waals surface area contributed by atoms with Gasteiger partial charge >= 0.3 is 6.03 Å². The maximum absolute atomic E-state index is 12.3. The molecule has 0 radical (unpaired) electrons. The first-order valence-corrected chi connectivity index (χ1v) is 8.23. The SMILES string of the molecule is CN1CCCC(NC(=O)N(C)Cc2nc3ccc(Cl)cc3[nH]2)C1. The maximum atomic E-state index is 12.3. The second-order valence-corrected chi connectivity index (χ2v) is 6.69. The highest BCUT2D eigenvalue weighted by Gasteiger charge is 2.21. The van der Waals surface area contributed by atoms with Crippen molar-refractivity contribution in [3.8, 4) is 0 Å². The number of H-pyrrole nitrogens is 1. The van der Waals surface area contributed by atoms with Crippen molar-refractivity contribution >= 4 is 28.7 Å². The van der Waals surface area contributed by atoms with Gasteiger partial charge in [0.15, 0.2) is 0 Å². The topological polar surface area (TPSA) is 64.3 Å². The Morgan fingerprint density at radius 3 is 3.17 bits per heavy atom. The van der Waals surface area contributed by atoms with Crippen molar-refractivity contribution in [3.05, 3.63) is 29.0 Å². The van der Waals surface area contributed by atoms with Crippen molar-refractivity contribution in [1.29, 1.82) is 0 Å². The van der Waals surface area contributed by atoms with E-state index >= 15 is 0 Å². The molecule has 0 saturated carbocycles. The molecule has 3 rings (SSSR count). The van der Waals surface area contributed by atoms with Crippen LogP contribution in [0.5, 0.6) is 0 Å². The van der Waals surface area contributed by atoms with Crippen molar-refractivity contribution in [2.45, 2.75) is 25.4 Å². The molecule has 2 aromatic rings. The van der Waals surface area contributed by atoms with Gasteiger partial charge in [-0.2, -0.15) is 0 Å². The third-order valence-corrected chi connectivity index (χ3v) is 4.41. The molecular formula is C16H22ClN5O. The summed E-state index contributed by atoms with van der Waals surface area (Å²) in [6.07, 6.45) is 2.16. The first kappa shape index (κ1) is 16.1. The highest BCUT2D eigenvalue weighted by Crippen LogP contribution is 2.17. The number of carbonyl (C=O) groups excluding carboxylic acids is 1. The largest absolute Gasteiger partial charge is 0.340 e. The zero-order valence-electron chi connectivity index (χ0n) is 13.5. The Bertz CT molecular complexity index is 701. The number of rotatable bonds is 3. The van der Waals surface area contributed by atoms with E-state index in [0.29, 0.717) is 11.6 Å². The first-order chi connectivity index (χ1) is 11.0. The molecule has 23 heavy (non-hydrogen) atoms. The van der Waals surface area contributed by atoms with Crippen LogP contribution in [0.3, 0.4) is 0 Å². The lowest BCUT2D eigenvalue weighted by molar-refractivity contribution is 0.184. The predicted octanol–water partition coefficient (Wildman–Crippen LogP) is 2.45. The minimum Gasteiger partial charge on any atom is -0.340 e. The fourth-order valence-electron chi connectivity index (χ4n) is 2.98. The number of nitrogens with zero attached hydrogens (tertiary/aromatic N) is 3. The van der Waals surface area contributed by atoms with Crippen LogP contribution in [-0.4, -0.2) is 59.0 Å². The second kappa shape index (κ2) is 6.76. The lowest BCUT2D eigenvalue weighted by Gasteiger charge is -2.31. The molecule has 6 nitrogen and oxygen atoms in total. The molecule has 1 aromatic heterocycles. The van der Waals surface area contributed by atoms with Gasteiger partial charge in [-0.25, -0.2) is 9.78 Å². The van der Waals surface area contributed by atoms with Gasteiger partial charge in [0.1, 0.15) is 5.82 Å². The van der Waals surface area contributed by atoms with Crippen LogP contribution in [0.25, 0.3) is 11.0 Å². The quantitative estimate of drug-likeness (QED) is 0.905. The molecular weight excluding hydrogens is 314 g/mol. The number of amides is 2. The van der Waals surface area contributed by atoms with Gasteiger partial charge in [-0.15, -0.1) is 0 Å². The number of aromatic nitrogens is 2. The van der Waals surface area contributed by atoms with Crippen LogP contribution in [0, 0.1) is 0 Å². The fraction of sp³-hybridized carbons (Fsp3) is 0.500. The second-order valence-electron chi connectivity index (χ2n) is 6.25. The van der Waals surface area contributed by atoms with Gasteiger partial charge in [-0.05, 0) is 44.6 Å². The number of imidazole rings is 1. The first-order valence-electron chi connectivity index (χ1n) is 7.85. The minimum atomic E-state index is -0.0659. The van der Waals surface area contributed by atoms with Gasteiger partial charge in [0.25, 0.3) is 0 Å². The van der Waals surface area contributed by atoms with Crippen molar-refractivity contribution in [3.63, 3.8) is 0 Å². The Labute approximate surface area is 140 Å². The van der Waals surface area contributed by atoms with E-state index in [1.165, 1.54) is 0 Å². The normalized spacial score (nSPS) is 19.0. The lowest BCUT2D eigenvalue weighted by atomic mass is 10.1. The summed E-state index contributed by atoms with van der Waals surface area (Å²) in [5.41, 5.74) is 1.74. The van der Waals surface area contributed by atoms with E-state index in [1.54, 1.807) is 11.9 Å². The number of halogens is 1. The number of hydrogen-bond donors (Lipinski definition) is 2. The van der Waals surface area contributed by atoms with Crippen molar-refractivity contribution in [1.82, 2.24) is 25.1 Å². The molecule has 1 atom stereocenters. The van der Waals surface area contributed by atoms with Crippen LogP contribution in [0.1, 0.15) is 18.7 Å². The molecule has 1 saturated heterocycles. The molecule has 124 valence electrons. The molecule has 2 heterocycles. The molecule has 1 aliphatic heterocycles. The van der Waals surface area contributed by atoms with Gasteiger partial charge in [-0.3, -0.25) is 0 Å². The Morgan fingerprint density at radius 1 is 1.57 bits per heavy atom. The smallest absolute Gasteiger partial charge is 0.317 e. The number of likely N-dealkylation sites (N-methyl/N-ethyl adjacent to an activating group) is 1. The average molecular weight is 336 g/mol. The molecule has 2 amide bonds. The molecule has 7 heteroatoms. The third-order valence-electron chi connectivity index (χ3n) is 4.18. The van der Waals surface area contributed by atoms with Crippen molar-refractivity contribution in [2.24, 2.45) is 0 Å². The summed E-state index contributed by atoms with van der Waals surface area (Å²) in [6, 6.07) is 5.67. The number of hydrogen-bond acceptors (Lipinski definition) is 3. The van der Waals surface area contributed by atoms with Gasteiger partial charge in [0, 0.05) is 24.7 Å². The Hall–Kier alpha value is -1.79. The molecule has 2 N–H and O–H groups in total. The zero-order valence-corrected chi connectivity index (χ0v) is 14.2. The highest BCUT2D eigenvalue weighted by atomic mass is 35.5. The van der Waals surface area contributed by atoms with E-state index in [0.717, 1.165) is 42.8 Å². The van der Waals surface area contributed by atoms with Crippen molar-refractivity contribution < 1.29 is 4.79 Å². The Kier molecular flexibility index (Phi) is 4.73. The van der Waals surface area contributed by atoms with Crippen LogP contribution in [-0.2, 0) is 6.54 Å². The standard InChI is InChI=1S/C16H22ClN5O/c1-21-7-3-4-12(9-21)18-16(23)22(2)10-15-19-13-6-5-11(17)8-14(13)20-15/h5-6,8,12H,3-4,7,9-10H2,1-2H3,(H,18,23)(H,19,20). The van der Waals surface area contributed by atoms with Gasteiger partial charge < -0.3 is 20.1 Å². The van der Waals surface area contributed by atoms with E-state index in [9.17, 15) is 4.79 Å². The summed E-state index contributed by atoms with van der Waals surface area (Å²) in [5, 5.41) is 3.76. The number of aromatic amines is 1. The van der Waals surface area contributed by atoms with Crippen molar-refractivity contribution in [2.75, 3.05) is 27.2 Å². The van der Waals surface area contributed by atoms with Crippen LogP contribution in [0.4, 0.5) is 4.79 Å². The number of likely N-dealkylation sites (tertiary alicyclic amines) is 1. The van der Waals surface area contributed by atoms with Crippen LogP contribution >= 0.6 is 11.6 Å². The summed E-state index contributed by atoms with van der Waals surface area (Å²) >= 11 is 5.98. The van der Waals surface area contributed by atoms with Gasteiger partial charge in [0.2, 0.25) is 0 Å². The van der Waals surface area contributed by atoms with Gasteiger partial charge in [0.05, 0.1) is 17.6 Å². The van der Waals surface area contributed by atoms with Crippen LogP contribution in [0.15, 0.2) is 18.2 Å². The molecule has 0 aliphatic carbocycles. The molecule has 0 spiro atoms. The third kappa shape index (κ3) is 3.95. The molecule has 1 aromatic carbocycles. The van der Waals surface area contributed by atoms with E-state index in [-0.39, 0.29) is 12.1 Å². The summed E-state index contributed by atoms with van der Waals surface area (Å²) in [6.45, 7) is 2.44. The monoisotopic (exact) mass is 335 g/mol. The van der Waals surface area contributed by atoms with E-state index < -0.39 is 0 Å². The number of fused-ring (bicyclic) bond motifs is 1. The Morgan fingerprint density at radius 2 is 2.39 bits per heavy atom. The number of benzene rings is 1. The summed E-state index contributed by atoms with van der Waals surface area (Å²) in [5.74, 6) is 0.751. The molecule has 0 bridgehead atoms. The predicted molar refractivity (Wildman–Crippen MR) is 91.6 cm³/mol. The van der Waals surface area contributed by atoms with E-state index in [1.807, 2.05) is 18.2 Å². The van der Waals surface area contributed by atoms with Crippen LogP contribution < -0.4 is 5.32 Å². The Balaban J connectivity index is 1.60. The summed E-state index contributed by atoms with van der Waals surface area (Å²) in [4.78, 5) is 23.9. The summed E-state index contributed by atoms with van der Waals surface area (Å²) in [7, 11) is 3.86.